The van der Waals surface area contributed by atoms with Gasteiger partial charge in [0.05, 0.1) is 23.7 Å². The molecule has 1 fully saturated rings. The number of likely N-dealkylation sites (N-methyl/N-ethyl adjacent to an activating group) is 1. The Morgan fingerprint density at radius 2 is 1.85 bits per heavy atom. The molecule has 0 radical (unpaired) electrons. The zero-order valence-electron chi connectivity index (χ0n) is 18.8. The number of alkyl halides is 3. The molecule has 1 aliphatic carbocycles. The van der Waals surface area contributed by atoms with Crippen LogP contribution in [0.2, 0.25) is 0 Å². The number of carbonyl (C=O) groups is 3. The molecule has 0 spiro atoms. The molecule has 6 nitrogen and oxygen atoms in total. The van der Waals surface area contributed by atoms with E-state index in [1.165, 1.54) is 34.2 Å². The molecule has 2 aromatic carbocycles. The number of halogens is 3. The molecule has 2 aliphatic rings. The zero-order valence-corrected chi connectivity index (χ0v) is 18.8. The minimum atomic E-state index is -4.62. The number of anilines is 2. The van der Waals surface area contributed by atoms with Crippen molar-refractivity contribution in [3.05, 3.63) is 59.2 Å². The van der Waals surface area contributed by atoms with Gasteiger partial charge in [-0.15, -0.1) is 0 Å². The van der Waals surface area contributed by atoms with Gasteiger partial charge in [-0.05, 0) is 61.6 Å². The lowest BCUT2D eigenvalue weighted by Crippen LogP contribution is -2.42. The van der Waals surface area contributed by atoms with Gasteiger partial charge in [0.25, 0.3) is 0 Å². The van der Waals surface area contributed by atoms with Crippen LogP contribution in [0.5, 0.6) is 0 Å². The molecule has 0 bridgehead atoms. The number of amides is 3. The second-order valence-electron chi connectivity index (χ2n) is 8.66. The molecule has 1 saturated heterocycles. The third-order valence-corrected chi connectivity index (χ3v) is 6.40. The maximum atomic E-state index is 13.2. The van der Waals surface area contributed by atoms with Crippen molar-refractivity contribution in [1.82, 2.24) is 4.90 Å². The van der Waals surface area contributed by atoms with Crippen molar-refractivity contribution in [2.45, 2.75) is 38.8 Å². The molecule has 1 N–H and O–H groups in total. The summed E-state index contributed by atoms with van der Waals surface area (Å²) in [4.78, 5) is 41.1. The molecule has 9 heteroatoms. The van der Waals surface area contributed by atoms with Gasteiger partial charge in [0.15, 0.2) is 0 Å². The quantitative estimate of drug-likeness (QED) is 0.689. The van der Waals surface area contributed by atoms with Gasteiger partial charge < -0.3 is 15.1 Å². The van der Waals surface area contributed by atoms with E-state index in [4.69, 9.17) is 0 Å². The van der Waals surface area contributed by atoms with Gasteiger partial charge in [-0.3, -0.25) is 14.4 Å². The van der Waals surface area contributed by atoms with Crippen LogP contribution in [0.4, 0.5) is 24.5 Å². The first-order valence-electron chi connectivity index (χ1n) is 11.3. The molecule has 4 rings (SSSR count). The van der Waals surface area contributed by atoms with Crippen LogP contribution in [0.25, 0.3) is 0 Å². The van der Waals surface area contributed by atoms with E-state index in [2.05, 4.69) is 5.32 Å². The largest absolute Gasteiger partial charge is 0.418 e. The third kappa shape index (κ3) is 4.93. The zero-order chi connectivity index (χ0) is 24.5. The van der Waals surface area contributed by atoms with Gasteiger partial charge in [-0.25, -0.2) is 0 Å². The molecule has 2 aromatic rings. The van der Waals surface area contributed by atoms with Gasteiger partial charge in [0, 0.05) is 25.2 Å². The minimum Gasteiger partial charge on any atom is -0.333 e. The van der Waals surface area contributed by atoms with Crippen LogP contribution in [-0.4, -0.2) is 42.3 Å². The maximum Gasteiger partial charge on any atom is 0.418 e. The number of carbonyl (C=O) groups excluding carboxylic acids is 3. The van der Waals surface area contributed by atoms with Crippen LogP contribution in [0, 0.1) is 5.92 Å². The highest BCUT2D eigenvalue weighted by atomic mass is 19.4. The molecular formula is C25H26F3N3O3. The molecule has 1 unspecified atom stereocenters. The molecule has 34 heavy (non-hydrogen) atoms. The Kier molecular flexibility index (Phi) is 6.63. The predicted octanol–water partition coefficient (Wildman–Crippen LogP) is 4.03. The summed E-state index contributed by atoms with van der Waals surface area (Å²) in [5, 5.41) is 2.26. The first kappa shape index (κ1) is 23.8. The molecule has 1 atom stereocenters. The maximum absolute atomic E-state index is 13.2. The van der Waals surface area contributed by atoms with Gasteiger partial charge >= 0.3 is 6.18 Å². The summed E-state index contributed by atoms with van der Waals surface area (Å²) in [7, 11) is 0. The fraction of sp³-hybridized carbons (Fsp3) is 0.400. The van der Waals surface area contributed by atoms with E-state index in [-0.39, 0.29) is 37.0 Å². The number of fused-ring (bicyclic) bond motifs is 1. The van der Waals surface area contributed by atoms with Crippen LogP contribution in [-0.2, 0) is 33.4 Å². The fourth-order valence-electron chi connectivity index (χ4n) is 4.65. The van der Waals surface area contributed by atoms with Gasteiger partial charge in [0.2, 0.25) is 17.7 Å². The van der Waals surface area contributed by atoms with Crippen LogP contribution >= 0.6 is 0 Å². The third-order valence-electron chi connectivity index (χ3n) is 6.40. The average molecular weight is 473 g/mol. The van der Waals surface area contributed by atoms with Crippen molar-refractivity contribution < 1.29 is 27.6 Å². The Balaban J connectivity index is 1.41. The number of benzene rings is 2. The first-order chi connectivity index (χ1) is 16.2. The highest BCUT2D eigenvalue weighted by Gasteiger charge is 2.38. The van der Waals surface area contributed by atoms with Crippen LogP contribution in [0.3, 0.4) is 0 Å². The lowest BCUT2D eigenvalue weighted by molar-refractivity contribution is -0.138. The van der Waals surface area contributed by atoms with Crippen LogP contribution in [0.1, 0.15) is 36.5 Å². The Morgan fingerprint density at radius 3 is 2.59 bits per heavy atom. The summed E-state index contributed by atoms with van der Waals surface area (Å²) in [5.41, 5.74) is 1.97. The lowest BCUT2D eigenvalue weighted by Gasteiger charge is -2.24. The topological polar surface area (TPSA) is 69.7 Å². The standard InChI is InChI=1S/C25H26F3N3O3/c1-2-30(15-22(32)29-21-9-4-3-8-20(21)25(26,27)28)24(34)18-13-23(33)31(14-18)19-11-10-16-6-5-7-17(16)12-19/h3-4,8-12,18H,2,5-7,13-15H2,1H3,(H,29,32). The van der Waals surface area contributed by atoms with Crippen LogP contribution in [0.15, 0.2) is 42.5 Å². The summed E-state index contributed by atoms with van der Waals surface area (Å²) in [5.74, 6) is -1.86. The minimum absolute atomic E-state index is 0.0327. The summed E-state index contributed by atoms with van der Waals surface area (Å²) >= 11 is 0. The number of para-hydroxylation sites is 1. The first-order valence-corrected chi connectivity index (χ1v) is 11.3. The fourth-order valence-corrected chi connectivity index (χ4v) is 4.65. The second kappa shape index (κ2) is 9.48. The van der Waals surface area contributed by atoms with E-state index < -0.39 is 30.1 Å². The number of rotatable bonds is 6. The van der Waals surface area contributed by atoms with Gasteiger partial charge in [0.1, 0.15) is 0 Å². The molecule has 1 aliphatic heterocycles. The monoisotopic (exact) mass is 473 g/mol. The van der Waals surface area contributed by atoms with E-state index >= 15 is 0 Å². The van der Waals surface area contributed by atoms with Gasteiger partial charge in [-0.1, -0.05) is 18.2 Å². The van der Waals surface area contributed by atoms with Crippen molar-refractivity contribution in [3.8, 4) is 0 Å². The van der Waals surface area contributed by atoms with Crippen molar-refractivity contribution >= 4 is 29.1 Å². The molecule has 0 aromatic heterocycles. The number of aryl methyl sites for hydroxylation is 2. The highest BCUT2D eigenvalue weighted by molar-refractivity contribution is 6.01. The van der Waals surface area contributed by atoms with Crippen molar-refractivity contribution in [1.29, 1.82) is 0 Å². The highest BCUT2D eigenvalue weighted by Crippen LogP contribution is 2.35. The van der Waals surface area contributed by atoms with Crippen molar-refractivity contribution in [2.75, 3.05) is 29.9 Å². The summed E-state index contributed by atoms with van der Waals surface area (Å²) in [6.07, 6.45) is -1.48. The average Bonchev–Trinajstić information content (AvgIpc) is 3.42. The van der Waals surface area contributed by atoms with Crippen LogP contribution < -0.4 is 10.2 Å². The van der Waals surface area contributed by atoms with E-state index in [9.17, 15) is 27.6 Å². The Labute approximate surface area is 195 Å². The van der Waals surface area contributed by atoms with E-state index in [0.717, 1.165) is 31.0 Å². The van der Waals surface area contributed by atoms with Crippen molar-refractivity contribution in [3.63, 3.8) is 0 Å². The van der Waals surface area contributed by atoms with Crippen molar-refractivity contribution in [2.24, 2.45) is 5.92 Å². The molecule has 3 amide bonds. The number of hydrogen-bond acceptors (Lipinski definition) is 3. The van der Waals surface area contributed by atoms with E-state index in [1.807, 2.05) is 18.2 Å². The molecular weight excluding hydrogens is 447 g/mol. The Bertz CT molecular complexity index is 1120. The SMILES string of the molecule is CCN(CC(=O)Nc1ccccc1C(F)(F)F)C(=O)C1CC(=O)N(c2ccc3c(c2)CCC3)C1. The number of nitrogens with zero attached hydrogens (tertiary/aromatic N) is 2. The van der Waals surface area contributed by atoms with E-state index in [1.54, 1.807) is 11.8 Å². The smallest absolute Gasteiger partial charge is 0.333 e. The Morgan fingerprint density at radius 1 is 1.12 bits per heavy atom. The molecule has 180 valence electrons. The second-order valence-corrected chi connectivity index (χ2v) is 8.66. The van der Waals surface area contributed by atoms with E-state index in [0.29, 0.717) is 0 Å². The lowest BCUT2D eigenvalue weighted by atomic mass is 10.1. The van der Waals surface area contributed by atoms with Gasteiger partial charge in [-0.2, -0.15) is 13.2 Å². The Hall–Kier alpha value is -3.36. The summed E-state index contributed by atoms with van der Waals surface area (Å²) in [6.45, 7) is 1.69. The molecule has 1 heterocycles. The summed E-state index contributed by atoms with van der Waals surface area (Å²) in [6, 6.07) is 10.6. The summed E-state index contributed by atoms with van der Waals surface area (Å²) < 4.78 is 39.6. The predicted molar refractivity (Wildman–Crippen MR) is 121 cm³/mol. The normalized spacial score (nSPS) is 17.6. The number of hydrogen-bond donors (Lipinski definition) is 1. The number of nitrogens with one attached hydrogen (secondary N) is 1. The molecule has 0 saturated carbocycles.